The van der Waals surface area contributed by atoms with Gasteiger partial charge in [-0.15, -0.1) is 0 Å². The van der Waals surface area contributed by atoms with Crippen LogP contribution in [0, 0.1) is 0 Å². The molecule has 0 amide bonds. The van der Waals surface area contributed by atoms with Crippen LogP contribution >= 0.6 is 0 Å². The van der Waals surface area contributed by atoms with Crippen molar-refractivity contribution in [1.82, 2.24) is 23.5 Å². The molecule has 3 N–H and O–H groups in total. The van der Waals surface area contributed by atoms with Crippen molar-refractivity contribution in [2.45, 2.75) is 13.1 Å². The molecule has 0 spiro atoms. The number of methoxy groups -OCH3 is 1. The minimum atomic E-state index is -0.290. The van der Waals surface area contributed by atoms with Crippen LogP contribution < -0.4 is 15.6 Å². The average molecular weight is 398 g/mol. The van der Waals surface area contributed by atoms with Gasteiger partial charge in [-0.3, -0.25) is 9.36 Å². The first kappa shape index (κ1) is 19.0. The fraction of sp³-hybridized carbons (Fsp3) is 0.316. The summed E-state index contributed by atoms with van der Waals surface area (Å²) >= 11 is 0. The monoisotopic (exact) mass is 398 g/mol. The smallest absolute Gasteiger partial charge is 0.287 e. The van der Waals surface area contributed by atoms with Gasteiger partial charge < -0.3 is 24.8 Å². The number of hydrogen-bond acceptors (Lipinski definition) is 7. The zero-order chi connectivity index (χ0) is 20.4. The molecule has 0 aliphatic heterocycles. The van der Waals surface area contributed by atoms with Crippen molar-refractivity contribution in [2.75, 3.05) is 32.2 Å². The van der Waals surface area contributed by atoms with E-state index in [0.29, 0.717) is 30.3 Å². The summed E-state index contributed by atoms with van der Waals surface area (Å²) in [6, 6.07) is 7.64. The van der Waals surface area contributed by atoms with E-state index in [1.807, 2.05) is 28.8 Å². The van der Waals surface area contributed by atoms with Crippen molar-refractivity contribution in [3.8, 4) is 5.75 Å². The quantitative estimate of drug-likeness (QED) is 0.391. The number of hydrogen-bond donors (Lipinski definition) is 3. The van der Waals surface area contributed by atoms with Crippen LogP contribution in [0.5, 0.6) is 5.75 Å². The normalized spacial score (nSPS) is 11.4. The van der Waals surface area contributed by atoms with E-state index < -0.39 is 0 Å². The van der Waals surface area contributed by atoms with Crippen molar-refractivity contribution in [3.63, 3.8) is 0 Å². The average Bonchev–Trinajstić information content (AvgIpc) is 3.30. The van der Waals surface area contributed by atoms with Gasteiger partial charge in [0.05, 0.1) is 45.9 Å². The summed E-state index contributed by atoms with van der Waals surface area (Å²) in [5.41, 5.74) is 1.47. The van der Waals surface area contributed by atoms with Gasteiger partial charge in [-0.1, -0.05) is 12.1 Å². The van der Waals surface area contributed by atoms with Crippen molar-refractivity contribution >= 4 is 22.8 Å². The van der Waals surface area contributed by atoms with Crippen LogP contribution in [0.25, 0.3) is 16.9 Å². The second-order valence-electron chi connectivity index (χ2n) is 6.52. The molecule has 10 heteroatoms. The highest BCUT2D eigenvalue weighted by Crippen LogP contribution is 2.18. The van der Waals surface area contributed by atoms with Crippen molar-refractivity contribution < 1.29 is 14.9 Å². The highest BCUT2D eigenvalue weighted by atomic mass is 16.5. The Labute approximate surface area is 165 Å². The maximum atomic E-state index is 13.0. The minimum Gasteiger partial charge on any atom is -0.497 e. The molecular weight excluding hydrogens is 376 g/mol. The van der Waals surface area contributed by atoms with Gasteiger partial charge >= 0.3 is 0 Å². The zero-order valence-corrected chi connectivity index (χ0v) is 15.9. The second-order valence-corrected chi connectivity index (χ2v) is 6.52. The Morgan fingerprint density at radius 3 is 2.66 bits per heavy atom. The summed E-state index contributed by atoms with van der Waals surface area (Å²) in [6.07, 6.45) is 3.21. The third kappa shape index (κ3) is 3.43. The molecule has 0 aliphatic rings. The topological polar surface area (TPSA) is 119 Å². The van der Waals surface area contributed by atoms with Crippen LogP contribution in [0.2, 0.25) is 0 Å². The Morgan fingerprint density at radius 1 is 1.17 bits per heavy atom. The van der Waals surface area contributed by atoms with Crippen LogP contribution in [0.4, 0.5) is 5.82 Å². The Hall–Kier alpha value is -3.37. The molecule has 0 unspecified atom stereocenters. The molecule has 152 valence electrons. The zero-order valence-electron chi connectivity index (χ0n) is 15.9. The Bertz CT molecular complexity index is 1190. The number of benzene rings is 1. The third-order valence-electron chi connectivity index (χ3n) is 4.69. The van der Waals surface area contributed by atoms with Crippen LogP contribution in [-0.2, 0) is 13.1 Å². The maximum Gasteiger partial charge on any atom is 0.287 e. The molecule has 4 aromatic rings. The van der Waals surface area contributed by atoms with Crippen molar-refractivity contribution in [2.24, 2.45) is 0 Å². The number of imidazole rings is 2. The lowest BCUT2D eigenvalue weighted by molar-refractivity contribution is 0.278. The lowest BCUT2D eigenvalue weighted by atomic mass is 10.2. The largest absolute Gasteiger partial charge is 0.497 e. The Kier molecular flexibility index (Phi) is 5.19. The van der Waals surface area contributed by atoms with Gasteiger partial charge in [-0.25, -0.2) is 9.38 Å². The molecule has 3 aromatic heterocycles. The molecule has 0 fully saturated rings. The number of aromatic nitrogens is 5. The first-order chi connectivity index (χ1) is 14.2. The molecule has 0 atom stereocenters. The number of nitrogens with one attached hydrogen (secondary N) is 1. The molecule has 1 aromatic carbocycles. The molecule has 0 aliphatic carbocycles. The van der Waals surface area contributed by atoms with Gasteiger partial charge in [0.15, 0.2) is 11.2 Å². The first-order valence-electron chi connectivity index (χ1n) is 9.21. The predicted octanol–water partition coefficient (Wildman–Crippen LogP) is 0.299. The third-order valence-corrected chi connectivity index (χ3v) is 4.69. The fourth-order valence-corrected chi connectivity index (χ4v) is 3.29. The van der Waals surface area contributed by atoms with E-state index in [4.69, 9.17) is 9.84 Å². The summed E-state index contributed by atoms with van der Waals surface area (Å²) in [6.45, 7) is 0.906. The number of anilines is 1. The SMILES string of the molecule is COc1ccc(Cn2cnc3c(=O)n4cc(NCCO)n(CCO)c4nc32)cc1. The number of nitrogens with zero attached hydrogens (tertiary/aromatic N) is 5. The molecule has 3 heterocycles. The molecule has 0 saturated heterocycles. The molecule has 29 heavy (non-hydrogen) atoms. The highest BCUT2D eigenvalue weighted by molar-refractivity contribution is 5.72. The lowest BCUT2D eigenvalue weighted by Gasteiger charge is -2.09. The number of aliphatic hydroxyl groups excluding tert-OH is 2. The Morgan fingerprint density at radius 2 is 1.97 bits per heavy atom. The van der Waals surface area contributed by atoms with E-state index in [9.17, 15) is 9.90 Å². The Balaban J connectivity index is 1.81. The van der Waals surface area contributed by atoms with Gasteiger partial charge in [0.2, 0.25) is 5.78 Å². The molecule has 4 rings (SSSR count). The van der Waals surface area contributed by atoms with E-state index in [1.54, 1.807) is 24.2 Å². The van der Waals surface area contributed by atoms with Gasteiger partial charge in [0, 0.05) is 6.54 Å². The first-order valence-corrected chi connectivity index (χ1v) is 9.21. The van der Waals surface area contributed by atoms with Crippen LogP contribution in [-0.4, -0.2) is 60.6 Å². The molecule has 0 radical (unpaired) electrons. The minimum absolute atomic E-state index is 0.0561. The van der Waals surface area contributed by atoms with E-state index in [-0.39, 0.29) is 30.8 Å². The fourth-order valence-electron chi connectivity index (χ4n) is 3.29. The van der Waals surface area contributed by atoms with Gasteiger partial charge in [-0.05, 0) is 17.7 Å². The highest BCUT2D eigenvalue weighted by Gasteiger charge is 2.17. The lowest BCUT2D eigenvalue weighted by Crippen LogP contribution is -2.16. The number of fused-ring (bicyclic) bond motifs is 2. The van der Waals surface area contributed by atoms with Crippen molar-refractivity contribution in [3.05, 3.63) is 52.7 Å². The number of aliphatic hydroxyl groups is 2. The summed E-state index contributed by atoms with van der Waals surface area (Å²) in [4.78, 5) is 21.9. The maximum absolute atomic E-state index is 13.0. The molecule has 0 saturated carbocycles. The summed E-state index contributed by atoms with van der Waals surface area (Å²) in [5.74, 6) is 1.76. The summed E-state index contributed by atoms with van der Waals surface area (Å²) in [7, 11) is 1.62. The standard InChI is InChI=1S/C19H22N6O4/c1-29-14-4-2-13(3-5-14)10-23-12-21-16-17(23)22-19-24(7-9-27)15(20-6-8-26)11-25(19)18(16)28/h2-5,11-12,20,26-27H,6-10H2,1H3. The van der Waals surface area contributed by atoms with Crippen LogP contribution in [0.15, 0.2) is 41.6 Å². The number of ether oxygens (including phenoxy) is 1. The van der Waals surface area contributed by atoms with E-state index in [1.165, 1.54) is 4.40 Å². The van der Waals surface area contributed by atoms with E-state index >= 15 is 0 Å². The van der Waals surface area contributed by atoms with Gasteiger partial charge in [0.1, 0.15) is 11.6 Å². The second kappa shape index (κ2) is 7.94. The summed E-state index contributed by atoms with van der Waals surface area (Å²) in [5, 5.41) is 21.6. The predicted molar refractivity (Wildman–Crippen MR) is 108 cm³/mol. The van der Waals surface area contributed by atoms with Crippen LogP contribution in [0.3, 0.4) is 0 Å². The van der Waals surface area contributed by atoms with Crippen molar-refractivity contribution in [1.29, 1.82) is 0 Å². The van der Waals surface area contributed by atoms with E-state index in [2.05, 4.69) is 15.3 Å². The van der Waals surface area contributed by atoms with E-state index in [0.717, 1.165) is 11.3 Å². The molecule has 10 nitrogen and oxygen atoms in total. The van der Waals surface area contributed by atoms with Gasteiger partial charge in [-0.2, -0.15) is 4.98 Å². The van der Waals surface area contributed by atoms with Gasteiger partial charge in [0.25, 0.3) is 5.56 Å². The molecule has 0 bridgehead atoms. The number of rotatable bonds is 8. The van der Waals surface area contributed by atoms with Crippen LogP contribution in [0.1, 0.15) is 5.56 Å². The molecular formula is C19H22N6O4. The summed E-state index contributed by atoms with van der Waals surface area (Å²) < 4.78 is 10.1.